The van der Waals surface area contributed by atoms with E-state index in [0.717, 1.165) is 16.7 Å². The Labute approximate surface area is 131 Å². The van der Waals surface area contributed by atoms with E-state index in [1.165, 1.54) is 11.3 Å². The Kier molecular flexibility index (Phi) is 4.02. The number of esters is 1. The smallest absolute Gasteiger partial charge is 0.349 e. The molecule has 2 heterocycles. The van der Waals surface area contributed by atoms with E-state index >= 15 is 0 Å². The van der Waals surface area contributed by atoms with Crippen LogP contribution in [-0.4, -0.2) is 16.1 Å². The number of hydrogen-bond acceptors (Lipinski definition) is 6. The maximum atomic E-state index is 11.9. The second kappa shape index (κ2) is 6.11. The summed E-state index contributed by atoms with van der Waals surface area (Å²) in [5, 5.41) is 5.69. The van der Waals surface area contributed by atoms with Crippen LogP contribution in [0.5, 0.6) is 0 Å². The fourth-order valence-corrected chi connectivity index (χ4v) is 2.72. The number of thiophene rings is 1. The normalized spacial score (nSPS) is 10.6. The van der Waals surface area contributed by atoms with Crippen LogP contribution in [0.4, 0.5) is 0 Å². The Balaban J connectivity index is 1.66. The third kappa shape index (κ3) is 3.07. The summed E-state index contributed by atoms with van der Waals surface area (Å²) in [6, 6.07) is 9.64. The Morgan fingerprint density at radius 2 is 2.00 bits per heavy atom. The van der Waals surface area contributed by atoms with Gasteiger partial charge in [0.1, 0.15) is 4.88 Å². The summed E-state index contributed by atoms with van der Waals surface area (Å²) in [5.41, 5.74) is 2.90. The van der Waals surface area contributed by atoms with E-state index < -0.39 is 0 Å². The lowest BCUT2D eigenvalue weighted by atomic mass is 10.1. The summed E-state index contributed by atoms with van der Waals surface area (Å²) in [6.45, 7) is 3.87. The monoisotopic (exact) mass is 314 g/mol. The molecule has 0 bridgehead atoms. The van der Waals surface area contributed by atoms with Gasteiger partial charge < -0.3 is 9.26 Å². The highest BCUT2D eigenvalue weighted by molar-refractivity contribution is 7.12. The molecular weight excluding hydrogens is 300 g/mol. The molecule has 0 saturated carbocycles. The van der Waals surface area contributed by atoms with Gasteiger partial charge in [0.2, 0.25) is 5.82 Å². The van der Waals surface area contributed by atoms with Crippen molar-refractivity contribution in [1.29, 1.82) is 0 Å². The Bertz CT molecular complexity index is 790. The number of aromatic nitrogens is 2. The summed E-state index contributed by atoms with van der Waals surface area (Å²) >= 11 is 1.36. The minimum Gasteiger partial charge on any atom is -0.453 e. The molecule has 0 amide bonds. The zero-order valence-corrected chi connectivity index (χ0v) is 13.0. The summed E-state index contributed by atoms with van der Waals surface area (Å²) < 4.78 is 10.4. The van der Waals surface area contributed by atoms with E-state index in [1.807, 2.05) is 49.6 Å². The number of carbonyl (C=O) groups excluding carboxylic acids is 1. The van der Waals surface area contributed by atoms with Gasteiger partial charge in [-0.3, -0.25) is 0 Å². The summed E-state index contributed by atoms with van der Waals surface area (Å²) in [7, 11) is 0. The van der Waals surface area contributed by atoms with Gasteiger partial charge in [-0.05, 0) is 43.0 Å². The number of ether oxygens (including phenoxy) is 1. The van der Waals surface area contributed by atoms with Crippen molar-refractivity contribution in [3.05, 3.63) is 57.5 Å². The SMILES string of the molecule is Cc1ccc(-c2nc(COC(=O)c3sccc3C)no2)cc1. The Morgan fingerprint density at radius 1 is 1.23 bits per heavy atom. The average Bonchev–Trinajstić information content (AvgIpc) is 3.14. The lowest BCUT2D eigenvalue weighted by Gasteiger charge is -2.00. The number of benzene rings is 1. The molecule has 3 aromatic rings. The van der Waals surface area contributed by atoms with Crippen molar-refractivity contribution >= 4 is 17.3 Å². The van der Waals surface area contributed by atoms with Crippen LogP contribution in [0.1, 0.15) is 26.6 Å². The first-order chi connectivity index (χ1) is 10.6. The van der Waals surface area contributed by atoms with Crippen molar-refractivity contribution in [1.82, 2.24) is 10.1 Å². The average molecular weight is 314 g/mol. The van der Waals surface area contributed by atoms with Crippen LogP contribution < -0.4 is 0 Å². The number of aryl methyl sites for hydroxylation is 2. The molecule has 5 nitrogen and oxygen atoms in total. The van der Waals surface area contributed by atoms with Crippen molar-refractivity contribution in [3.63, 3.8) is 0 Å². The zero-order valence-electron chi connectivity index (χ0n) is 12.2. The molecule has 0 fully saturated rings. The summed E-state index contributed by atoms with van der Waals surface area (Å²) in [6.07, 6.45) is 0. The number of rotatable bonds is 4. The largest absolute Gasteiger partial charge is 0.453 e. The van der Waals surface area contributed by atoms with Crippen molar-refractivity contribution in [2.24, 2.45) is 0 Å². The van der Waals surface area contributed by atoms with Crippen LogP contribution in [0.25, 0.3) is 11.5 Å². The minimum absolute atomic E-state index is 0.00840. The van der Waals surface area contributed by atoms with E-state index in [0.29, 0.717) is 16.6 Å². The lowest BCUT2D eigenvalue weighted by molar-refractivity contribution is 0.0465. The highest BCUT2D eigenvalue weighted by Crippen LogP contribution is 2.19. The molecule has 0 saturated heterocycles. The van der Waals surface area contributed by atoms with Gasteiger partial charge in [-0.15, -0.1) is 11.3 Å². The zero-order chi connectivity index (χ0) is 15.5. The molecule has 1 aromatic carbocycles. The van der Waals surface area contributed by atoms with E-state index in [4.69, 9.17) is 9.26 Å². The van der Waals surface area contributed by atoms with Crippen LogP contribution in [-0.2, 0) is 11.3 Å². The first-order valence-electron chi connectivity index (χ1n) is 6.74. The van der Waals surface area contributed by atoms with E-state index in [2.05, 4.69) is 10.1 Å². The van der Waals surface area contributed by atoms with Gasteiger partial charge in [0.05, 0.1) is 0 Å². The number of nitrogens with zero attached hydrogens (tertiary/aromatic N) is 2. The van der Waals surface area contributed by atoms with Crippen LogP contribution in [0.2, 0.25) is 0 Å². The highest BCUT2D eigenvalue weighted by Gasteiger charge is 2.14. The highest BCUT2D eigenvalue weighted by atomic mass is 32.1. The molecule has 0 aliphatic heterocycles. The molecule has 3 rings (SSSR count). The number of carbonyl (C=O) groups is 1. The predicted molar refractivity (Wildman–Crippen MR) is 82.6 cm³/mol. The fourth-order valence-electron chi connectivity index (χ4n) is 1.90. The van der Waals surface area contributed by atoms with E-state index in [-0.39, 0.29) is 12.6 Å². The van der Waals surface area contributed by atoms with Gasteiger partial charge in [0.15, 0.2) is 6.61 Å². The molecular formula is C16H14N2O3S. The standard InChI is InChI=1S/C16H14N2O3S/c1-10-3-5-12(6-4-10)15-17-13(18-21-15)9-20-16(19)14-11(2)7-8-22-14/h3-8H,9H2,1-2H3. The fraction of sp³-hybridized carbons (Fsp3) is 0.188. The van der Waals surface area contributed by atoms with E-state index in [9.17, 15) is 4.79 Å². The van der Waals surface area contributed by atoms with Crippen LogP contribution in [0.15, 0.2) is 40.2 Å². The molecule has 22 heavy (non-hydrogen) atoms. The van der Waals surface area contributed by atoms with Gasteiger partial charge in [-0.2, -0.15) is 4.98 Å². The third-order valence-electron chi connectivity index (χ3n) is 3.15. The maximum Gasteiger partial charge on any atom is 0.349 e. The van der Waals surface area contributed by atoms with Gasteiger partial charge in [0.25, 0.3) is 5.89 Å². The first kappa shape index (κ1) is 14.5. The predicted octanol–water partition coefficient (Wildman–Crippen LogP) is 3.77. The topological polar surface area (TPSA) is 65.2 Å². The molecule has 112 valence electrons. The second-order valence-corrected chi connectivity index (χ2v) is 5.81. The Morgan fingerprint density at radius 3 is 2.68 bits per heavy atom. The van der Waals surface area contributed by atoms with Gasteiger partial charge in [-0.25, -0.2) is 4.79 Å². The third-order valence-corrected chi connectivity index (χ3v) is 4.14. The number of hydrogen-bond donors (Lipinski definition) is 0. The summed E-state index contributed by atoms with van der Waals surface area (Å²) in [4.78, 5) is 16.7. The minimum atomic E-state index is -0.366. The van der Waals surface area contributed by atoms with Crippen LogP contribution in [0, 0.1) is 13.8 Å². The quantitative estimate of drug-likeness (QED) is 0.686. The van der Waals surface area contributed by atoms with Gasteiger partial charge in [-0.1, -0.05) is 22.9 Å². The molecule has 2 aromatic heterocycles. The second-order valence-electron chi connectivity index (χ2n) is 4.89. The molecule has 0 unspecified atom stereocenters. The van der Waals surface area contributed by atoms with Crippen molar-refractivity contribution in [3.8, 4) is 11.5 Å². The molecule has 0 atom stereocenters. The molecule has 0 spiro atoms. The maximum absolute atomic E-state index is 11.9. The van der Waals surface area contributed by atoms with Crippen molar-refractivity contribution < 1.29 is 14.1 Å². The van der Waals surface area contributed by atoms with Crippen molar-refractivity contribution in [2.75, 3.05) is 0 Å². The molecule has 0 N–H and O–H groups in total. The Hall–Kier alpha value is -2.47. The van der Waals surface area contributed by atoms with Crippen molar-refractivity contribution in [2.45, 2.75) is 20.5 Å². The molecule has 6 heteroatoms. The molecule has 0 aliphatic rings. The van der Waals surface area contributed by atoms with Gasteiger partial charge in [0, 0.05) is 5.56 Å². The molecule has 0 radical (unpaired) electrons. The molecule has 0 aliphatic carbocycles. The van der Waals surface area contributed by atoms with E-state index in [1.54, 1.807) is 0 Å². The van der Waals surface area contributed by atoms with Crippen LogP contribution >= 0.6 is 11.3 Å². The lowest BCUT2D eigenvalue weighted by Crippen LogP contribution is -2.05. The van der Waals surface area contributed by atoms with Crippen LogP contribution in [0.3, 0.4) is 0 Å². The summed E-state index contributed by atoms with van der Waals surface area (Å²) in [5.74, 6) is 0.394. The first-order valence-corrected chi connectivity index (χ1v) is 7.62. The van der Waals surface area contributed by atoms with Gasteiger partial charge >= 0.3 is 5.97 Å².